The number of carbonyl (C=O) groups excluding carboxylic acids is 2. The van der Waals surface area contributed by atoms with Crippen LogP contribution in [-0.4, -0.2) is 19.0 Å². The van der Waals surface area contributed by atoms with Crippen molar-refractivity contribution in [3.63, 3.8) is 0 Å². The van der Waals surface area contributed by atoms with Crippen molar-refractivity contribution in [3.8, 4) is 0 Å². The second-order valence-electron chi connectivity index (χ2n) is 3.44. The quantitative estimate of drug-likeness (QED) is 0.790. The van der Waals surface area contributed by atoms with E-state index >= 15 is 0 Å². The van der Waals surface area contributed by atoms with Crippen molar-refractivity contribution < 1.29 is 18.7 Å². The predicted octanol–water partition coefficient (Wildman–Crippen LogP) is 1.40. The summed E-state index contributed by atoms with van der Waals surface area (Å²) in [6, 6.07) is 6.20. The molecule has 1 N–H and O–H groups in total. The number of methoxy groups -OCH3 is 1. The van der Waals surface area contributed by atoms with Gasteiger partial charge in [-0.05, 0) is 6.07 Å². The van der Waals surface area contributed by atoms with E-state index in [4.69, 9.17) is 0 Å². The van der Waals surface area contributed by atoms with Gasteiger partial charge >= 0.3 is 5.97 Å². The number of carbonyl (C=O) groups is 2. The van der Waals surface area contributed by atoms with Crippen molar-refractivity contribution in [2.24, 2.45) is 0 Å². The fourth-order valence-corrected chi connectivity index (χ4v) is 1.24. The molecule has 0 spiro atoms. The van der Waals surface area contributed by atoms with Gasteiger partial charge < -0.3 is 10.1 Å². The summed E-state index contributed by atoms with van der Waals surface area (Å²) in [6.07, 6.45) is 0.0702. The normalized spacial score (nSPS) is 9.76. The van der Waals surface area contributed by atoms with Crippen LogP contribution in [0.5, 0.6) is 0 Å². The van der Waals surface area contributed by atoms with E-state index in [1.54, 1.807) is 18.2 Å². The highest BCUT2D eigenvalue weighted by Gasteiger charge is 2.07. The monoisotopic (exact) mass is 239 g/mol. The zero-order chi connectivity index (χ0) is 12.7. The molecule has 0 bridgehead atoms. The Bertz CT molecular complexity index is 406. The number of rotatable bonds is 5. The highest BCUT2D eigenvalue weighted by molar-refractivity contribution is 5.81. The van der Waals surface area contributed by atoms with E-state index < -0.39 is 5.97 Å². The molecule has 0 saturated carbocycles. The van der Waals surface area contributed by atoms with Crippen LogP contribution >= 0.6 is 0 Å². The molecule has 0 atom stereocenters. The number of benzene rings is 1. The molecule has 0 fully saturated rings. The van der Waals surface area contributed by atoms with Gasteiger partial charge in [0.05, 0.1) is 13.5 Å². The number of amides is 1. The minimum absolute atomic E-state index is 0.0274. The van der Waals surface area contributed by atoms with Gasteiger partial charge in [0.15, 0.2) is 0 Å². The predicted molar refractivity (Wildman–Crippen MR) is 59.5 cm³/mol. The van der Waals surface area contributed by atoms with Gasteiger partial charge in [-0.25, -0.2) is 4.39 Å². The molecular weight excluding hydrogens is 225 g/mol. The number of hydrogen-bond acceptors (Lipinski definition) is 3. The standard InChI is InChI=1S/C12H14FNO3/c1-17-12(16)7-6-11(15)14-8-9-4-2-3-5-10(9)13/h2-5H,6-8H2,1H3,(H,14,15). The van der Waals surface area contributed by atoms with E-state index in [0.717, 1.165) is 0 Å². The van der Waals surface area contributed by atoms with Gasteiger partial charge in [-0.1, -0.05) is 18.2 Å². The Morgan fingerprint density at radius 1 is 1.29 bits per heavy atom. The van der Waals surface area contributed by atoms with Crippen LogP contribution in [0, 0.1) is 5.82 Å². The lowest BCUT2D eigenvalue weighted by atomic mass is 10.2. The molecule has 0 unspecified atom stereocenters. The number of nitrogens with one attached hydrogen (secondary N) is 1. The Morgan fingerprint density at radius 2 is 2.00 bits per heavy atom. The largest absolute Gasteiger partial charge is 0.469 e. The van der Waals surface area contributed by atoms with Gasteiger partial charge in [0.25, 0.3) is 0 Å². The third-order valence-electron chi connectivity index (χ3n) is 2.22. The lowest BCUT2D eigenvalue weighted by Crippen LogP contribution is -2.23. The van der Waals surface area contributed by atoms with E-state index in [0.29, 0.717) is 5.56 Å². The van der Waals surface area contributed by atoms with Gasteiger partial charge in [0, 0.05) is 18.5 Å². The third-order valence-corrected chi connectivity index (χ3v) is 2.22. The minimum atomic E-state index is -0.439. The maximum atomic E-state index is 13.2. The zero-order valence-electron chi connectivity index (χ0n) is 9.53. The summed E-state index contributed by atoms with van der Waals surface area (Å²) < 4.78 is 17.6. The molecular formula is C12H14FNO3. The van der Waals surface area contributed by atoms with Crippen molar-refractivity contribution in [1.82, 2.24) is 5.32 Å². The van der Waals surface area contributed by atoms with Crippen molar-refractivity contribution in [3.05, 3.63) is 35.6 Å². The molecule has 92 valence electrons. The first kappa shape index (κ1) is 13.2. The summed E-state index contributed by atoms with van der Waals surface area (Å²) in [7, 11) is 1.26. The van der Waals surface area contributed by atoms with Crippen LogP contribution < -0.4 is 5.32 Å². The molecule has 1 rings (SSSR count). The van der Waals surface area contributed by atoms with Crippen molar-refractivity contribution >= 4 is 11.9 Å². The number of esters is 1. The molecule has 4 nitrogen and oxygen atoms in total. The average Bonchev–Trinajstić information content (AvgIpc) is 2.35. The van der Waals surface area contributed by atoms with Gasteiger partial charge in [-0.2, -0.15) is 0 Å². The molecule has 0 heterocycles. The molecule has 17 heavy (non-hydrogen) atoms. The fraction of sp³-hybridized carbons (Fsp3) is 0.333. The fourth-order valence-electron chi connectivity index (χ4n) is 1.24. The first-order valence-corrected chi connectivity index (χ1v) is 5.20. The molecule has 0 aromatic heterocycles. The second kappa shape index (κ2) is 6.62. The Hall–Kier alpha value is -1.91. The molecule has 1 aromatic rings. The first-order valence-electron chi connectivity index (χ1n) is 5.20. The van der Waals surface area contributed by atoms with Crippen molar-refractivity contribution in [1.29, 1.82) is 0 Å². The highest BCUT2D eigenvalue weighted by atomic mass is 19.1. The summed E-state index contributed by atoms with van der Waals surface area (Å²) in [6.45, 7) is 0.118. The molecule has 0 aliphatic rings. The number of halogens is 1. The average molecular weight is 239 g/mol. The van der Waals surface area contributed by atoms with E-state index in [1.165, 1.54) is 13.2 Å². The maximum Gasteiger partial charge on any atom is 0.306 e. The van der Waals surface area contributed by atoms with Gasteiger partial charge in [-0.3, -0.25) is 9.59 Å². The van der Waals surface area contributed by atoms with E-state index in [2.05, 4.69) is 10.1 Å². The van der Waals surface area contributed by atoms with Crippen molar-refractivity contribution in [2.75, 3.05) is 7.11 Å². The third kappa shape index (κ3) is 4.63. The van der Waals surface area contributed by atoms with Crippen molar-refractivity contribution in [2.45, 2.75) is 19.4 Å². The Labute approximate surface area is 98.8 Å². The van der Waals surface area contributed by atoms with Gasteiger partial charge in [0.2, 0.25) is 5.91 Å². The number of hydrogen-bond donors (Lipinski definition) is 1. The smallest absolute Gasteiger partial charge is 0.306 e. The molecule has 0 aliphatic heterocycles. The Morgan fingerprint density at radius 3 is 2.65 bits per heavy atom. The van der Waals surface area contributed by atoms with E-state index in [-0.39, 0.29) is 31.1 Å². The van der Waals surface area contributed by atoms with Crippen LogP contribution in [0.3, 0.4) is 0 Å². The Balaban J connectivity index is 2.34. The van der Waals surface area contributed by atoms with Crippen LogP contribution in [0.4, 0.5) is 4.39 Å². The molecule has 0 aliphatic carbocycles. The van der Waals surface area contributed by atoms with Gasteiger partial charge in [0.1, 0.15) is 5.82 Å². The molecule has 5 heteroatoms. The number of ether oxygens (including phenoxy) is 1. The SMILES string of the molecule is COC(=O)CCC(=O)NCc1ccccc1F. The highest BCUT2D eigenvalue weighted by Crippen LogP contribution is 2.05. The van der Waals surface area contributed by atoms with Crippen LogP contribution in [0.15, 0.2) is 24.3 Å². The summed E-state index contributed by atoms with van der Waals surface area (Å²) in [4.78, 5) is 22.1. The lowest BCUT2D eigenvalue weighted by Gasteiger charge is -2.05. The van der Waals surface area contributed by atoms with Gasteiger partial charge in [-0.15, -0.1) is 0 Å². The zero-order valence-corrected chi connectivity index (χ0v) is 9.53. The maximum absolute atomic E-state index is 13.2. The van der Waals surface area contributed by atoms with E-state index in [9.17, 15) is 14.0 Å². The molecule has 0 radical (unpaired) electrons. The first-order chi connectivity index (χ1) is 8.13. The summed E-state index contributed by atoms with van der Waals surface area (Å²) in [5, 5.41) is 2.53. The van der Waals surface area contributed by atoms with Crippen LogP contribution in [0.2, 0.25) is 0 Å². The second-order valence-corrected chi connectivity index (χ2v) is 3.44. The van der Waals surface area contributed by atoms with Crippen LogP contribution in [0.25, 0.3) is 0 Å². The Kier molecular flexibility index (Phi) is 5.13. The molecule has 1 aromatic carbocycles. The van der Waals surface area contributed by atoms with Crippen LogP contribution in [-0.2, 0) is 20.9 Å². The minimum Gasteiger partial charge on any atom is -0.469 e. The molecule has 1 amide bonds. The van der Waals surface area contributed by atoms with Crippen LogP contribution in [0.1, 0.15) is 18.4 Å². The van der Waals surface area contributed by atoms with E-state index in [1.807, 2.05) is 0 Å². The topological polar surface area (TPSA) is 55.4 Å². The summed E-state index contributed by atoms with van der Waals surface area (Å²) >= 11 is 0. The summed E-state index contributed by atoms with van der Waals surface area (Å²) in [5.74, 6) is -1.11. The lowest BCUT2D eigenvalue weighted by molar-refractivity contribution is -0.142. The molecule has 0 saturated heterocycles. The summed E-state index contributed by atoms with van der Waals surface area (Å²) in [5.41, 5.74) is 0.416.